The molecule has 2 heterocycles. The minimum absolute atomic E-state index is 0.0351. The number of rotatable bonds is 6. The number of ether oxygens (including phenoxy) is 2. The predicted octanol–water partition coefficient (Wildman–Crippen LogP) is 4.12. The predicted molar refractivity (Wildman–Crippen MR) is 119 cm³/mol. The number of hydrogen-bond donors (Lipinski definition) is 1. The normalized spacial score (nSPS) is 15.2. The number of aromatic nitrogens is 1. The smallest absolute Gasteiger partial charge is 0.246 e. The molecular formula is C20H19F2N5O4S2. The third-order valence-corrected chi connectivity index (χ3v) is 7.49. The van der Waals surface area contributed by atoms with Crippen molar-refractivity contribution in [3.05, 3.63) is 48.0 Å². The van der Waals surface area contributed by atoms with Crippen molar-refractivity contribution in [1.82, 2.24) is 9.29 Å². The lowest BCUT2D eigenvalue weighted by molar-refractivity contribution is 0.0729. The number of nitrogen functional groups attached to an aromatic ring is 1. The summed E-state index contributed by atoms with van der Waals surface area (Å²) in [6.45, 7) is 1.04. The van der Waals surface area contributed by atoms with Gasteiger partial charge in [-0.1, -0.05) is 11.3 Å². The number of nitrogens with zero attached hydrogens (tertiary/aromatic N) is 4. The molecule has 0 aliphatic carbocycles. The zero-order chi connectivity index (χ0) is 23.6. The van der Waals surface area contributed by atoms with Gasteiger partial charge in [-0.2, -0.15) is 4.31 Å². The highest BCUT2D eigenvalue weighted by Crippen LogP contribution is 2.39. The molecule has 0 amide bonds. The van der Waals surface area contributed by atoms with Crippen LogP contribution >= 0.6 is 11.3 Å². The van der Waals surface area contributed by atoms with Crippen LogP contribution in [0.4, 0.5) is 24.6 Å². The second-order valence-electron chi connectivity index (χ2n) is 6.88. The molecule has 0 unspecified atom stereocenters. The largest absolute Gasteiger partial charge is 0.495 e. The van der Waals surface area contributed by atoms with E-state index in [2.05, 4.69) is 15.2 Å². The number of thiazole rings is 1. The highest BCUT2D eigenvalue weighted by atomic mass is 32.2. The summed E-state index contributed by atoms with van der Waals surface area (Å²) in [5.74, 6) is -1.18. The summed E-state index contributed by atoms with van der Waals surface area (Å²) < 4.78 is 65.9. The zero-order valence-corrected chi connectivity index (χ0v) is 19.0. The molecule has 1 aliphatic heterocycles. The fourth-order valence-electron chi connectivity index (χ4n) is 3.21. The molecule has 174 valence electrons. The first-order valence-corrected chi connectivity index (χ1v) is 11.9. The fourth-order valence-corrected chi connectivity index (χ4v) is 5.46. The minimum atomic E-state index is -3.86. The van der Waals surface area contributed by atoms with Crippen LogP contribution < -0.4 is 10.5 Å². The van der Waals surface area contributed by atoms with E-state index >= 15 is 0 Å². The number of nitrogens with two attached hydrogens (primary N) is 1. The molecule has 0 saturated carbocycles. The Morgan fingerprint density at radius 3 is 2.64 bits per heavy atom. The van der Waals surface area contributed by atoms with Crippen molar-refractivity contribution in [1.29, 1.82) is 0 Å². The van der Waals surface area contributed by atoms with E-state index in [1.54, 1.807) is 0 Å². The van der Waals surface area contributed by atoms with Gasteiger partial charge < -0.3 is 15.2 Å². The molecule has 2 aromatic carbocycles. The molecule has 1 aliphatic rings. The summed E-state index contributed by atoms with van der Waals surface area (Å²) in [5.41, 5.74) is 5.89. The zero-order valence-electron chi connectivity index (χ0n) is 17.4. The molecular weight excluding hydrogens is 476 g/mol. The molecule has 2 N–H and O–H groups in total. The van der Waals surface area contributed by atoms with E-state index < -0.39 is 21.7 Å². The highest BCUT2D eigenvalue weighted by molar-refractivity contribution is 7.89. The van der Waals surface area contributed by atoms with E-state index in [1.165, 1.54) is 29.6 Å². The first-order chi connectivity index (χ1) is 15.8. The molecule has 3 aromatic rings. The Labute approximate surface area is 192 Å². The van der Waals surface area contributed by atoms with E-state index in [1.807, 2.05) is 0 Å². The lowest BCUT2D eigenvalue weighted by atomic mass is 10.1. The van der Waals surface area contributed by atoms with Gasteiger partial charge in [0.15, 0.2) is 10.1 Å². The van der Waals surface area contributed by atoms with Gasteiger partial charge >= 0.3 is 0 Å². The van der Waals surface area contributed by atoms with Crippen LogP contribution in [0.5, 0.6) is 5.75 Å². The summed E-state index contributed by atoms with van der Waals surface area (Å²) in [6.07, 6.45) is 0. The van der Waals surface area contributed by atoms with Crippen molar-refractivity contribution in [2.45, 2.75) is 4.90 Å². The standard InChI is InChI=1S/C20H19F2N5O4S2/c1-30-16-5-3-13(11-17(16)33(28,29)27-6-8-31-9-7-27)25-26-19-18(24-20(23)32-19)14-10-12(21)2-4-15(14)22/h2-5,10-11H,6-9H2,1H3,(H2,23,24). The van der Waals surface area contributed by atoms with Gasteiger partial charge in [0.1, 0.15) is 28.0 Å². The van der Waals surface area contributed by atoms with Crippen LogP contribution in [0.15, 0.2) is 51.5 Å². The second kappa shape index (κ2) is 9.47. The monoisotopic (exact) mass is 495 g/mol. The highest BCUT2D eigenvalue weighted by Gasteiger charge is 2.29. The average Bonchev–Trinajstić information content (AvgIpc) is 3.19. The van der Waals surface area contributed by atoms with Crippen molar-refractivity contribution in [3.8, 4) is 17.0 Å². The van der Waals surface area contributed by atoms with Gasteiger partial charge in [0.2, 0.25) is 10.0 Å². The van der Waals surface area contributed by atoms with Crippen LogP contribution in [0.1, 0.15) is 0 Å². The molecule has 1 aromatic heterocycles. The molecule has 1 fully saturated rings. The SMILES string of the molecule is COc1ccc(N=Nc2sc(N)nc2-c2cc(F)ccc2F)cc1S(=O)(=O)N1CCOCC1. The van der Waals surface area contributed by atoms with Crippen molar-refractivity contribution in [2.24, 2.45) is 10.2 Å². The van der Waals surface area contributed by atoms with Crippen LogP contribution in [-0.2, 0) is 14.8 Å². The number of benzene rings is 2. The molecule has 13 heteroatoms. The Hall–Kier alpha value is -3.00. The van der Waals surface area contributed by atoms with Gasteiger partial charge in [0.25, 0.3) is 0 Å². The molecule has 0 spiro atoms. The van der Waals surface area contributed by atoms with Crippen LogP contribution in [0.25, 0.3) is 11.3 Å². The van der Waals surface area contributed by atoms with E-state index in [4.69, 9.17) is 15.2 Å². The summed E-state index contributed by atoms with van der Waals surface area (Å²) in [7, 11) is -2.49. The Kier molecular flexibility index (Phi) is 6.65. The second-order valence-corrected chi connectivity index (χ2v) is 9.80. The number of halogens is 2. The quantitative estimate of drug-likeness (QED) is 0.514. The number of methoxy groups -OCH3 is 1. The van der Waals surface area contributed by atoms with Gasteiger partial charge in [-0.15, -0.1) is 10.2 Å². The maximum absolute atomic E-state index is 14.2. The summed E-state index contributed by atoms with van der Waals surface area (Å²) in [5, 5.41) is 8.40. The number of hydrogen-bond acceptors (Lipinski definition) is 9. The van der Waals surface area contributed by atoms with Crippen molar-refractivity contribution >= 4 is 37.2 Å². The van der Waals surface area contributed by atoms with E-state index in [0.717, 1.165) is 29.5 Å². The Bertz CT molecular complexity index is 1310. The maximum atomic E-state index is 14.2. The first kappa shape index (κ1) is 23.2. The van der Waals surface area contributed by atoms with E-state index in [-0.39, 0.29) is 50.8 Å². The van der Waals surface area contributed by atoms with E-state index in [9.17, 15) is 17.2 Å². The van der Waals surface area contributed by atoms with Gasteiger partial charge in [0.05, 0.1) is 26.0 Å². The third-order valence-electron chi connectivity index (χ3n) is 4.80. The van der Waals surface area contributed by atoms with Crippen LogP contribution in [0.2, 0.25) is 0 Å². The lowest BCUT2D eigenvalue weighted by Gasteiger charge is -2.26. The number of morpholine rings is 1. The fraction of sp³-hybridized carbons (Fsp3) is 0.250. The molecule has 0 atom stereocenters. The van der Waals surface area contributed by atoms with Gasteiger partial charge in [0, 0.05) is 18.7 Å². The Balaban J connectivity index is 1.70. The molecule has 33 heavy (non-hydrogen) atoms. The molecule has 4 rings (SSSR count). The van der Waals surface area contributed by atoms with Gasteiger partial charge in [-0.05, 0) is 36.4 Å². The van der Waals surface area contributed by atoms with E-state index in [0.29, 0.717) is 13.2 Å². The van der Waals surface area contributed by atoms with Gasteiger partial charge in [-0.25, -0.2) is 22.2 Å². The van der Waals surface area contributed by atoms with Crippen molar-refractivity contribution in [2.75, 3.05) is 39.1 Å². The third kappa shape index (κ3) is 4.85. The maximum Gasteiger partial charge on any atom is 0.246 e. The number of azo groups is 1. The van der Waals surface area contributed by atoms with Crippen LogP contribution in [0.3, 0.4) is 0 Å². The van der Waals surface area contributed by atoms with Crippen LogP contribution in [-0.4, -0.2) is 51.1 Å². The Morgan fingerprint density at radius 1 is 1.15 bits per heavy atom. The van der Waals surface area contributed by atoms with Crippen molar-refractivity contribution in [3.63, 3.8) is 0 Å². The summed E-state index contributed by atoms with van der Waals surface area (Å²) in [4.78, 5) is 3.98. The topological polar surface area (TPSA) is 119 Å². The molecule has 0 bridgehead atoms. The Morgan fingerprint density at radius 2 is 1.91 bits per heavy atom. The minimum Gasteiger partial charge on any atom is -0.495 e. The molecule has 0 radical (unpaired) electrons. The average molecular weight is 496 g/mol. The van der Waals surface area contributed by atoms with Gasteiger partial charge in [-0.3, -0.25) is 0 Å². The first-order valence-electron chi connectivity index (χ1n) is 9.69. The number of anilines is 1. The molecule has 9 nitrogen and oxygen atoms in total. The summed E-state index contributed by atoms with van der Waals surface area (Å²) in [6, 6.07) is 7.28. The van der Waals surface area contributed by atoms with Crippen LogP contribution in [0, 0.1) is 11.6 Å². The summed E-state index contributed by atoms with van der Waals surface area (Å²) >= 11 is 0.935. The van der Waals surface area contributed by atoms with Crippen molar-refractivity contribution < 1.29 is 26.7 Å². The number of sulfonamides is 1. The lowest BCUT2D eigenvalue weighted by Crippen LogP contribution is -2.40. The molecule has 1 saturated heterocycles.